The van der Waals surface area contributed by atoms with Gasteiger partial charge in [0, 0.05) is 34.0 Å². The molecule has 1 saturated heterocycles. The van der Waals surface area contributed by atoms with Crippen molar-refractivity contribution in [2.24, 2.45) is 0 Å². The van der Waals surface area contributed by atoms with Crippen LogP contribution in [0.5, 0.6) is 0 Å². The molecule has 1 fully saturated rings. The van der Waals surface area contributed by atoms with Crippen molar-refractivity contribution >= 4 is 39.2 Å². The predicted octanol–water partition coefficient (Wildman–Crippen LogP) is 3.76. The molecular formula is C16H19IN2O. The van der Waals surface area contributed by atoms with E-state index in [0.29, 0.717) is 6.04 Å². The summed E-state index contributed by atoms with van der Waals surface area (Å²) < 4.78 is 6.61. The van der Waals surface area contributed by atoms with Crippen molar-refractivity contribution in [1.82, 2.24) is 4.98 Å². The second kappa shape index (κ2) is 5.85. The monoisotopic (exact) mass is 382 g/mol. The first kappa shape index (κ1) is 14.1. The van der Waals surface area contributed by atoms with Crippen molar-refractivity contribution in [2.75, 3.05) is 25.2 Å². The van der Waals surface area contributed by atoms with Crippen molar-refractivity contribution in [3.05, 3.63) is 33.5 Å². The number of hydrogen-bond acceptors (Lipinski definition) is 3. The van der Waals surface area contributed by atoms with E-state index in [1.807, 2.05) is 0 Å². The fraction of sp³-hybridized carbons (Fsp3) is 0.438. The molecule has 2 heterocycles. The van der Waals surface area contributed by atoms with Crippen LogP contribution >= 0.6 is 22.6 Å². The third kappa shape index (κ3) is 2.63. The van der Waals surface area contributed by atoms with Gasteiger partial charge in [0.15, 0.2) is 0 Å². The zero-order valence-electron chi connectivity index (χ0n) is 11.9. The number of hydrogen-bond donors (Lipinski definition) is 0. The van der Waals surface area contributed by atoms with Gasteiger partial charge in [0.05, 0.1) is 18.2 Å². The maximum Gasteiger partial charge on any atom is 0.0736 e. The average Bonchev–Trinajstić information content (AvgIpc) is 2.85. The first-order valence-electron chi connectivity index (χ1n) is 7.01. The lowest BCUT2D eigenvalue weighted by atomic mass is 10.1. The number of nitrogens with zero attached hydrogens (tertiary/aromatic N) is 2. The molecule has 3 nitrogen and oxygen atoms in total. The number of pyridine rings is 1. The Balaban J connectivity index is 2.10. The maximum atomic E-state index is 5.38. The molecule has 0 amide bonds. The molecule has 20 heavy (non-hydrogen) atoms. The number of rotatable bonds is 3. The summed E-state index contributed by atoms with van der Waals surface area (Å²) in [5, 5.41) is 1.25. The molecule has 1 aliphatic rings. The number of anilines is 1. The van der Waals surface area contributed by atoms with Crippen LogP contribution in [0.2, 0.25) is 0 Å². The van der Waals surface area contributed by atoms with Crippen molar-refractivity contribution < 1.29 is 4.74 Å². The molecule has 0 radical (unpaired) electrons. The summed E-state index contributed by atoms with van der Waals surface area (Å²) in [4.78, 5) is 7.17. The molecule has 3 rings (SSSR count). The summed E-state index contributed by atoms with van der Waals surface area (Å²) in [7, 11) is 1.79. The molecule has 0 saturated carbocycles. The summed E-state index contributed by atoms with van der Waals surface area (Å²) in [5.74, 6) is 0. The van der Waals surface area contributed by atoms with Crippen molar-refractivity contribution in [1.29, 1.82) is 0 Å². The summed E-state index contributed by atoms with van der Waals surface area (Å²) >= 11 is 2.34. The molecule has 1 aromatic carbocycles. The Kier molecular flexibility index (Phi) is 4.12. The number of fused-ring (bicyclic) bond motifs is 1. The number of halogens is 1. The van der Waals surface area contributed by atoms with E-state index < -0.39 is 0 Å². The molecule has 0 bridgehead atoms. The van der Waals surface area contributed by atoms with Crippen LogP contribution in [0.4, 0.5) is 5.69 Å². The van der Waals surface area contributed by atoms with Gasteiger partial charge in [0.1, 0.15) is 0 Å². The molecule has 1 aromatic heterocycles. The van der Waals surface area contributed by atoms with E-state index in [1.165, 1.54) is 27.5 Å². The zero-order valence-corrected chi connectivity index (χ0v) is 14.1. The highest BCUT2D eigenvalue weighted by Gasteiger charge is 2.26. The van der Waals surface area contributed by atoms with Crippen LogP contribution in [-0.2, 0) is 4.74 Å². The smallest absolute Gasteiger partial charge is 0.0736 e. The van der Waals surface area contributed by atoms with Gasteiger partial charge in [-0.2, -0.15) is 0 Å². The molecule has 0 N–H and O–H groups in total. The van der Waals surface area contributed by atoms with Gasteiger partial charge >= 0.3 is 0 Å². The molecule has 106 valence electrons. The number of benzene rings is 1. The summed E-state index contributed by atoms with van der Waals surface area (Å²) in [5.41, 5.74) is 3.48. The Bertz CT molecular complexity index is 624. The van der Waals surface area contributed by atoms with E-state index in [9.17, 15) is 0 Å². The minimum absolute atomic E-state index is 0.490. The number of methoxy groups -OCH3 is 1. The van der Waals surface area contributed by atoms with E-state index in [4.69, 9.17) is 4.74 Å². The van der Waals surface area contributed by atoms with Crippen LogP contribution in [0.15, 0.2) is 24.3 Å². The second-order valence-electron chi connectivity index (χ2n) is 5.39. The van der Waals surface area contributed by atoms with E-state index in [1.54, 1.807) is 7.11 Å². The highest BCUT2D eigenvalue weighted by atomic mass is 127. The van der Waals surface area contributed by atoms with Crippen LogP contribution in [-0.4, -0.2) is 31.3 Å². The van der Waals surface area contributed by atoms with Gasteiger partial charge in [-0.25, -0.2) is 0 Å². The molecule has 4 heteroatoms. The number of ether oxygens (including phenoxy) is 1. The van der Waals surface area contributed by atoms with Gasteiger partial charge in [-0.15, -0.1) is 0 Å². The largest absolute Gasteiger partial charge is 0.383 e. The Labute approximate surface area is 133 Å². The third-order valence-electron chi connectivity index (χ3n) is 3.92. The van der Waals surface area contributed by atoms with Gasteiger partial charge in [0.2, 0.25) is 0 Å². The van der Waals surface area contributed by atoms with E-state index in [2.05, 4.69) is 63.7 Å². The third-order valence-corrected chi connectivity index (χ3v) is 4.59. The van der Waals surface area contributed by atoms with E-state index >= 15 is 0 Å². The average molecular weight is 382 g/mol. The lowest BCUT2D eigenvalue weighted by Crippen LogP contribution is -2.33. The highest BCUT2D eigenvalue weighted by Crippen LogP contribution is 2.33. The fourth-order valence-corrected chi connectivity index (χ4v) is 3.54. The van der Waals surface area contributed by atoms with Crippen molar-refractivity contribution in [2.45, 2.75) is 25.8 Å². The Hall–Kier alpha value is -0.880. The van der Waals surface area contributed by atoms with E-state index in [-0.39, 0.29) is 0 Å². The first-order valence-corrected chi connectivity index (χ1v) is 8.09. The van der Waals surface area contributed by atoms with Gasteiger partial charge in [-0.3, -0.25) is 4.98 Å². The molecule has 1 unspecified atom stereocenters. The first-order chi connectivity index (χ1) is 9.69. The minimum atomic E-state index is 0.490. The van der Waals surface area contributed by atoms with E-state index in [0.717, 1.165) is 24.4 Å². The normalized spacial score (nSPS) is 18.9. The predicted molar refractivity (Wildman–Crippen MR) is 91.4 cm³/mol. The maximum absolute atomic E-state index is 5.38. The Morgan fingerprint density at radius 3 is 3.05 bits per heavy atom. The SMILES string of the molecule is COCC1CCCN1c1cc(C)nc2cc(I)ccc12. The van der Waals surface area contributed by atoms with Crippen molar-refractivity contribution in [3.63, 3.8) is 0 Å². The molecule has 0 spiro atoms. The lowest BCUT2D eigenvalue weighted by molar-refractivity contribution is 0.181. The lowest BCUT2D eigenvalue weighted by Gasteiger charge is -2.27. The van der Waals surface area contributed by atoms with Crippen LogP contribution in [0.25, 0.3) is 10.9 Å². The highest BCUT2D eigenvalue weighted by molar-refractivity contribution is 14.1. The van der Waals surface area contributed by atoms with Crippen LogP contribution in [0, 0.1) is 10.5 Å². The molecular weight excluding hydrogens is 363 g/mol. The summed E-state index contributed by atoms with van der Waals surface area (Å²) in [6.45, 7) is 3.98. The quantitative estimate of drug-likeness (QED) is 0.756. The van der Waals surface area contributed by atoms with Crippen LogP contribution in [0.3, 0.4) is 0 Å². The molecule has 2 aromatic rings. The number of aryl methyl sites for hydroxylation is 1. The summed E-state index contributed by atoms with van der Waals surface area (Å²) in [6.07, 6.45) is 2.45. The number of aromatic nitrogens is 1. The van der Waals surface area contributed by atoms with Crippen molar-refractivity contribution in [3.8, 4) is 0 Å². The molecule has 1 atom stereocenters. The topological polar surface area (TPSA) is 25.4 Å². The van der Waals surface area contributed by atoms with Gasteiger partial charge < -0.3 is 9.64 Å². The summed E-state index contributed by atoms with van der Waals surface area (Å²) in [6, 6.07) is 9.22. The van der Waals surface area contributed by atoms with Gasteiger partial charge in [-0.05, 0) is 66.6 Å². The van der Waals surface area contributed by atoms with Gasteiger partial charge in [-0.1, -0.05) is 0 Å². The minimum Gasteiger partial charge on any atom is -0.383 e. The zero-order chi connectivity index (χ0) is 14.1. The second-order valence-corrected chi connectivity index (χ2v) is 6.63. The Morgan fingerprint density at radius 2 is 2.25 bits per heavy atom. The fourth-order valence-electron chi connectivity index (χ4n) is 3.07. The van der Waals surface area contributed by atoms with Crippen LogP contribution in [0.1, 0.15) is 18.5 Å². The molecule has 0 aliphatic carbocycles. The molecule has 1 aliphatic heterocycles. The van der Waals surface area contributed by atoms with Crippen LogP contribution < -0.4 is 4.90 Å². The van der Waals surface area contributed by atoms with Gasteiger partial charge in [0.25, 0.3) is 0 Å². The Morgan fingerprint density at radius 1 is 1.40 bits per heavy atom. The standard InChI is InChI=1S/C16H19IN2O/c1-11-8-16(19-7-3-4-13(19)10-20-2)14-6-5-12(17)9-15(14)18-11/h5-6,8-9,13H,3-4,7,10H2,1-2H3.